The van der Waals surface area contributed by atoms with Crippen LogP contribution in [0.25, 0.3) is 5.76 Å². The van der Waals surface area contributed by atoms with Gasteiger partial charge >= 0.3 is 0 Å². The van der Waals surface area contributed by atoms with Gasteiger partial charge in [-0.05, 0) is 48.0 Å². The molecule has 2 aromatic carbocycles. The van der Waals surface area contributed by atoms with Crippen LogP contribution < -0.4 is 9.47 Å². The summed E-state index contributed by atoms with van der Waals surface area (Å²) in [6, 6.07) is 14.2. The van der Waals surface area contributed by atoms with Gasteiger partial charge in [0.15, 0.2) is 0 Å². The van der Waals surface area contributed by atoms with Gasteiger partial charge < -0.3 is 23.9 Å². The highest BCUT2D eigenvalue weighted by atomic mass is 35.5. The fraction of sp³-hybridized carbons (Fsp3) is 0.167. The number of ketones is 1. The molecule has 32 heavy (non-hydrogen) atoms. The molecular formula is C24H20ClNO6. The van der Waals surface area contributed by atoms with Crippen LogP contribution in [0.5, 0.6) is 11.5 Å². The normalized spacial score (nSPS) is 17.6. The summed E-state index contributed by atoms with van der Waals surface area (Å²) in [6.45, 7) is 0.118. The van der Waals surface area contributed by atoms with Crippen LogP contribution in [0.1, 0.15) is 22.9 Å². The monoisotopic (exact) mass is 453 g/mol. The highest BCUT2D eigenvalue weighted by Gasteiger charge is 2.47. The molecule has 1 aromatic heterocycles. The quantitative estimate of drug-likeness (QED) is 0.334. The van der Waals surface area contributed by atoms with Crippen LogP contribution in [0, 0.1) is 0 Å². The van der Waals surface area contributed by atoms with Crippen molar-refractivity contribution in [3.63, 3.8) is 0 Å². The van der Waals surface area contributed by atoms with Gasteiger partial charge in [0.1, 0.15) is 29.1 Å². The summed E-state index contributed by atoms with van der Waals surface area (Å²) < 4.78 is 15.9. The summed E-state index contributed by atoms with van der Waals surface area (Å²) in [5, 5.41) is 11.3. The predicted molar refractivity (Wildman–Crippen MR) is 118 cm³/mol. The van der Waals surface area contributed by atoms with Crippen LogP contribution >= 0.6 is 11.6 Å². The van der Waals surface area contributed by atoms with Gasteiger partial charge in [-0.25, -0.2) is 0 Å². The second-order valence-electron chi connectivity index (χ2n) is 7.14. The van der Waals surface area contributed by atoms with Crippen LogP contribution in [-0.2, 0) is 16.1 Å². The van der Waals surface area contributed by atoms with Gasteiger partial charge in [-0.2, -0.15) is 0 Å². The number of rotatable bonds is 6. The molecule has 0 bridgehead atoms. The van der Waals surface area contributed by atoms with Crippen LogP contribution in [0.3, 0.4) is 0 Å². The van der Waals surface area contributed by atoms with Crippen molar-refractivity contribution in [3.8, 4) is 11.5 Å². The predicted octanol–water partition coefficient (Wildman–Crippen LogP) is 4.57. The topological polar surface area (TPSA) is 89.2 Å². The van der Waals surface area contributed by atoms with Crippen LogP contribution in [-0.4, -0.2) is 35.9 Å². The first kappa shape index (κ1) is 21.5. The van der Waals surface area contributed by atoms with E-state index in [9.17, 15) is 14.7 Å². The average Bonchev–Trinajstić information content (AvgIpc) is 3.41. The minimum atomic E-state index is -0.905. The van der Waals surface area contributed by atoms with Gasteiger partial charge in [-0.3, -0.25) is 9.59 Å². The molecule has 1 amide bonds. The minimum Gasteiger partial charge on any atom is -0.507 e. The molecule has 2 heterocycles. The zero-order chi connectivity index (χ0) is 22.8. The number of hydrogen-bond acceptors (Lipinski definition) is 6. The molecule has 1 aliphatic heterocycles. The van der Waals surface area contributed by atoms with E-state index in [0.29, 0.717) is 17.3 Å². The molecule has 7 nitrogen and oxygen atoms in total. The number of hydrogen-bond donors (Lipinski definition) is 1. The molecular weight excluding hydrogens is 434 g/mol. The molecule has 1 N–H and O–H groups in total. The lowest BCUT2D eigenvalue weighted by Gasteiger charge is -2.23. The molecule has 1 fully saturated rings. The van der Waals surface area contributed by atoms with Crippen molar-refractivity contribution in [2.45, 2.75) is 12.6 Å². The summed E-state index contributed by atoms with van der Waals surface area (Å²) in [5.74, 6) is -0.490. The number of likely N-dealkylation sites (tertiary alicyclic amines) is 1. The fourth-order valence-electron chi connectivity index (χ4n) is 3.72. The van der Waals surface area contributed by atoms with Crippen LogP contribution in [0.4, 0.5) is 0 Å². The summed E-state index contributed by atoms with van der Waals surface area (Å²) in [6.07, 6.45) is 1.45. The standard InChI is InChI=1S/C24H20ClNO6/c1-30-16-6-3-5-14(11-16)13-26-21(19-7-4-10-32-19)20(23(28)24(26)29)22(27)15-8-9-18(31-2)17(25)12-15/h3-12,21,27H,13H2,1-2H3/b22-20-. The molecule has 0 saturated carbocycles. The maximum Gasteiger partial charge on any atom is 0.296 e. The number of furan rings is 1. The SMILES string of the molecule is COc1cccc(CN2C(=O)C(=O)/C(=C(\O)c3ccc(OC)c(Cl)c3)C2c2ccco2)c1. The van der Waals surface area contributed by atoms with Gasteiger partial charge in [0.25, 0.3) is 11.7 Å². The number of ether oxygens (including phenoxy) is 2. The molecule has 1 unspecified atom stereocenters. The van der Waals surface area contributed by atoms with E-state index in [1.165, 1.54) is 24.3 Å². The van der Waals surface area contributed by atoms with Gasteiger partial charge in [0, 0.05) is 12.1 Å². The molecule has 0 aliphatic carbocycles. The Morgan fingerprint density at radius 1 is 1.09 bits per heavy atom. The van der Waals surface area contributed by atoms with Crippen LogP contribution in [0.15, 0.2) is 70.9 Å². The van der Waals surface area contributed by atoms with E-state index in [1.54, 1.807) is 49.6 Å². The van der Waals surface area contributed by atoms with E-state index in [0.717, 1.165) is 5.56 Å². The lowest BCUT2D eigenvalue weighted by atomic mass is 9.99. The number of aliphatic hydroxyl groups excluding tert-OH is 1. The maximum absolute atomic E-state index is 13.0. The Kier molecular flexibility index (Phi) is 5.92. The number of aliphatic hydroxyl groups is 1. The number of benzene rings is 2. The molecule has 8 heteroatoms. The van der Waals surface area contributed by atoms with E-state index in [1.807, 2.05) is 6.07 Å². The molecule has 0 spiro atoms. The second-order valence-corrected chi connectivity index (χ2v) is 7.55. The first-order valence-electron chi connectivity index (χ1n) is 9.73. The molecule has 0 radical (unpaired) electrons. The fourth-order valence-corrected chi connectivity index (χ4v) is 3.98. The summed E-state index contributed by atoms with van der Waals surface area (Å²) in [7, 11) is 3.02. The number of methoxy groups -OCH3 is 2. The van der Waals surface area contributed by atoms with E-state index in [2.05, 4.69) is 0 Å². The van der Waals surface area contributed by atoms with Gasteiger partial charge in [0.05, 0.1) is 31.1 Å². The maximum atomic E-state index is 13.0. The highest BCUT2D eigenvalue weighted by molar-refractivity contribution is 6.46. The van der Waals surface area contributed by atoms with Crippen molar-refractivity contribution in [3.05, 3.63) is 88.3 Å². The Hall–Kier alpha value is -3.71. The Morgan fingerprint density at radius 3 is 2.56 bits per heavy atom. The lowest BCUT2D eigenvalue weighted by molar-refractivity contribution is -0.140. The van der Waals surface area contributed by atoms with E-state index in [4.69, 9.17) is 25.5 Å². The number of carbonyl (C=O) groups excluding carboxylic acids is 2. The van der Waals surface area contributed by atoms with E-state index < -0.39 is 17.7 Å². The van der Waals surface area contributed by atoms with E-state index >= 15 is 0 Å². The van der Waals surface area contributed by atoms with Gasteiger partial charge in [-0.15, -0.1) is 0 Å². The summed E-state index contributed by atoms with van der Waals surface area (Å²) in [5.41, 5.74) is 0.969. The number of halogens is 1. The lowest BCUT2D eigenvalue weighted by Crippen LogP contribution is -2.29. The number of amides is 1. The number of Topliss-reactive ketones (excluding diaryl/α,β-unsaturated/α-hetero) is 1. The summed E-state index contributed by atoms with van der Waals surface area (Å²) >= 11 is 6.19. The average molecular weight is 454 g/mol. The second kappa shape index (κ2) is 8.80. The third-order valence-electron chi connectivity index (χ3n) is 5.26. The van der Waals surface area contributed by atoms with Crippen molar-refractivity contribution in [1.82, 2.24) is 4.90 Å². The first-order chi connectivity index (χ1) is 15.4. The van der Waals surface area contributed by atoms with Crippen molar-refractivity contribution >= 4 is 29.1 Å². The van der Waals surface area contributed by atoms with E-state index in [-0.39, 0.29) is 28.5 Å². The van der Waals surface area contributed by atoms with Crippen molar-refractivity contribution in [2.24, 2.45) is 0 Å². The number of carbonyl (C=O) groups is 2. The third kappa shape index (κ3) is 3.83. The van der Waals surface area contributed by atoms with Crippen molar-refractivity contribution in [1.29, 1.82) is 0 Å². The Labute approximate surface area is 189 Å². The van der Waals surface area contributed by atoms with Crippen LogP contribution in [0.2, 0.25) is 5.02 Å². The Bertz CT molecular complexity index is 1200. The molecule has 164 valence electrons. The number of nitrogens with zero attached hydrogens (tertiary/aromatic N) is 1. The summed E-state index contributed by atoms with van der Waals surface area (Å²) in [4.78, 5) is 27.4. The van der Waals surface area contributed by atoms with Crippen molar-refractivity contribution in [2.75, 3.05) is 14.2 Å². The Balaban J connectivity index is 1.81. The highest BCUT2D eigenvalue weighted by Crippen LogP contribution is 2.41. The smallest absolute Gasteiger partial charge is 0.296 e. The zero-order valence-corrected chi connectivity index (χ0v) is 18.1. The molecule has 1 saturated heterocycles. The molecule has 4 rings (SSSR count). The first-order valence-corrected chi connectivity index (χ1v) is 10.1. The third-order valence-corrected chi connectivity index (χ3v) is 5.56. The largest absolute Gasteiger partial charge is 0.507 e. The van der Waals surface area contributed by atoms with Gasteiger partial charge in [-0.1, -0.05) is 23.7 Å². The molecule has 1 atom stereocenters. The van der Waals surface area contributed by atoms with Gasteiger partial charge in [0.2, 0.25) is 0 Å². The molecule has 1 aliphatic rings. The Morgan fingerprint density at radius 2 is 1.91 bits per heavy atom. The minimum absolute atomic E-state index is 0.0749. The van der Waals surface area contributed by atoms with Crippen molar-refractivity contribution < 1.29 is 28.6 Å². The molecule has 3 aromatic rings. The zero-order valence-electron chi connectivity index (χ0n) is 17.4.